The average Bonchev–Trinajstić information content (AvgIpc) is 3.08. The Labute approximate surface area is 206 Å². The Morgan fingerprint density at radius 1 is 1.19 bits per heavy atom. The number of rotatable bonds is 7. The Bertz CT molecular complexity index is 846. The number of aryl methyl sites for hydroxylation is 1. The van der Waals surface area contributed by atoms with E-state index in [1.54, 1.807) is 23.3 Å². The molecule has 1 heterocycles. The summed E-state index contributed by atoms with van der Waals surface area (Å²) < 4.78 is 5.39. The topological polar surface area (TPSA) is 78.9 Å². The van der Waals surface area contributed by atoms with Gasteiger partial charge >= 0.3 is 6.09 Å². The maximum absolute atomic E-state index is 12.1. The van der Waals surface area contributed by atoms with Crippen molar-refractivity contribution in [3.05, 3.63) is 51.5 Å². The molecule has 9 heteroatoms. The van der Waals surface area contributed by atoms with Gasteiger partial charge in [0.2, 0.25) is 0 Å². The molecule has 0 aliphatic heterocycles. The molecule has 0 aliphatic carbocycles. The molecule has 0 radical (unpaired) electrons. The van der Waals surface area contributed by atoms with E-state index in [2.05, 4.69) is 20.6 Å². The van der Waals surface area contributed by atoms with Crippen LogP contribution in [0.25, 0.3) is 0 Å². The van der Waals surface area contributed by atoms with Crippen molar-refractivity contribution in [1.82, 2.24) is 20.5 Å². The normalized spacial score (nSPS) is 11.5. The molecule has 172 valence electrons. The Balaban J connectivity index is 0.00000480. The van der Waals surface area contributed by atoms with Crippen LogP contribution in [-0.2, 0) is 24.4 Å². The van der Waals surface area contributed by atoms with Gasteiger partial charge in [-0.3, -0.25) is 0 Å². The lowest BCUT2D eigenvalue weighted by Crippen LogP contribution is -2.36. The van der Waals surface area contributed by atoms with E-state index >= 15 is 0 Å². The zero-order valence-electron chi connectivity index (χ0n) is 19.2. The van der Waals surface area contributed by atoms with Crippen molar-refractivity contribution in [1.29, 1.82) is 0 Å². The van der Waals surface area contributed by atoms with E-state index < -0.39 is 5.60 Å². The fourth-order valence-corrected chi connectivity index (χ4v) is 3.32. The number of amides is 1. The number of nitrogens with zero attached hydrogens (tertiary/aromatic N) is 3. The number of ether oxygens (including phenoxy) is 1. The second kappa shape index (κ2) is 12.8. The minimum Gasteiger partial charge on any atom is -0.444 e. The predicted molar refractivity (Wildman–Crippen MR) is 138 cm³/mol. The molecule has 0 bridgehead atoms. The van der Waals surface area contributed by atoms with Gasteiger partial charge in [0.25, 0.3) is 0 Å². The van der Waals surface area contributed by atoms with Gasteiger partial charge in [-0.1, -0.05) is 24.3 Å². The third kappa shape index (κ3) is 9.86. The fourth-order valence-electron chi connectivity index (χ4n) is 2.60. The SMILES string of the molecule is CCNC(=NCc1ccc(CN(C)C(=O)OC(C)(C)C)cc1)NCc1scnc1C.I. The number of carbonyl (C=O) groups excluding carboxylic acids is 1. The number of benzene rings is 1. The molecule has 0 saturated heterocycles. The third-order valence-corrected chi connectivity index (χ3v) is 5.11. The summed E-state index contributed by atoms with van der Waals surface area (Å²) in [5.41, 5.74) is 4.56. The van der Waals surface area contributed by atoms with Crippen LogP contribution in [0, 0.1) is 6.92 Å². The van der Waals surface area contributed by atoms with Crippen molar-refractivity contribution < 1.29 is 9.53 Å². The van der Waals surface area contributed by atoms with E-state index in [1.807, 2.05) is 64.4 Å². The van der Waals surface area contributed by atoms with Gasteiger partial charge in [-0.2, -0.15) is 0 Å². The fraction of sp³-hybridized carbons (Fsp3) is 0.500. The number of nitrogens with one attached hydrogen (secondary N) is 2. The molecule has 0 aliphatic rings. The number of carbonyl (C=O) groups is 1. The van der Waals surface area contributed by atoms with Gasteiger partial charge in [0.1, 0.15) is 5.60 Å². The number of aromatic nitrogens is 1. The van der Waals surface area contributed by atoms with Crippen molar-refractivity contribution in [2.45, 2.75) is 59.9 Å². The molecule has 0 unspecified atom stereocenters. The van der Waals surface area contributed by atoms with Crippen LogP contribution < -0.4 is 10.6 Å². The number of hydrogen-bond acceptors (Lipinski definition) is 5. The molecule has 1 amide bonds. The van der Waals surface area contributed by atoms with E-state index in [4.69, 9.17) is 4.74 Å². The molecule has 2 N–H and O–H groups in total. The summed E-state index contributed by atoms with van der Waals surface area (Å²) in [7, 11) is 1.74. The first-order valence-electron chi connectivity index (χ1n) is 10.1. The standard InChI is InChI=1S/C22H33N5O2S.HI/c1-7-23-20(25-13-19-16(2)26-15-30-19)24-12-17-8-10-18(11-9-17)14-27(6)21(28)29-22(3,4)5;/h8-11,15H,7,12-14H2,1-6H3,(H2,23,24,25);1H. The van der Waals surface area contributed by atoms with Crippen LogP contribution in [0.3, 0.4) is 0 Å². The molecule has 7 nitrogen and oxygen atoms in total. The predicted octanol–water partition coefficient (Wildman–Crippen LogP) is 4.69. The van der Waals surface area contributed by atoms with E-state index in [0.717, 1.165) is 29.3 Å². The van der Waals surface area contributed by atoms with Crippen LogP contribution >= 0.6 is 35.3 Å². The van der Waals surface area contributed by atoms with Crippen molar-refractivity contribution >= 4 is 47.4 Å². The summed E-state index contributed by atoms with van der Waals surface area (Å²) >= 11 is 1.64. The van der Waals surface area contributed by atoms with Gasteiger partial charge in [0, 0.05) is 25.0 Å². The number of thiazole rings is 1. The molecule has 31 heavy (non-hydrogen) atoms. The second-order valence-corrected chi connectivity index (χ2v) is 9.00. The molecular formula is C22H34IN5O2S. The highest BCUT2D eigenvalue weighted by molar-refractivity contribution is 14.0. The molecule has 0 atom stereocenters. The van der Waals surface area contributed by atoms with E-state index in [1.165, 1.54) is 4.88 Å². The zero-order chi connectivity index (χ0) is 22.1. The minimum atomic E-state index is -0.496. The van der Waals surface area contributed by atoms with Crippen LogP contribution in [-0.4, -0.2) is 41.1 Å². The molecular weight excluding hydrogens is 525 g/mol. The van der Waals surface area contributed by atoms with Crippen LogP contribution in [0.2, 0.25) is 0 Å². The van der Waals surface area contributed by atoms with Crippen LogP contribution in [0.1, 0.15) is 49.4 Å². The number of hydrogen-bond donors (Lipinski definition) is 2. The first kappa shape index (κ1) is 27.2. The van der Waals surface area contributed by atoms with E-state index in [-0.39, 0.29) is 30.1 Å². The maximum Gasteiger partial charge on any atom is 0.410 e. The molecule has 1 aromatic carbocycles. The lowest BCUT2D eigenvalue weighted by Gasteiger charge is -2.24. The highest BCUT2D eigenvalue weighted by atomic mass is 127. The van der Waals surface area contributed by atoms with Gasteiger partial charge < -0.3 is 20.3 Å². The van der Waals surface area contributed by atoms with Crippen LogP contribution in [0.4, 0.5) is 4.79 Å². The summed E-state index contributed by atoms with van der Waals surface area (Å²) in [5, 5.41) is 6.62. The van der Waals surface area contributed by atoms with E-state index in [0.29, 0.717) is 19.6 Å². The van der Waals surface area contributed by atoms with E-state index in [9.17, 15) is 4.79 Å². The van der Waals surface area contributed by atoms with Gasteiger partial charge in [-0.25, -0.2) is 14.8 Å². The lowest BCUT2D eigenvalue weighted by atomic mass is 10.1. The maximum atomic E-state index is 12.1. The van der Waals surface area contributed by atoms with Crippen molar-refractivity contribution in [2.75, 3.05) is 13.6 Å². The van der Waals surface area contributed by atoms with Crippen molar-refractivity contribution in [3.8, 4) is 0 Å². The zero-order valence-corrected chi connectivity index (χ0v) is 22.3. The first-order chi connectivity index (χ1) is 14.2. The summed E-state index contributed by atoms with van der Waals surface area (Å²) in [6.45, 7) is 12.2. The Hall–Kier alpha value is -1.88. The summed E-state index contributed by atoms with van der Waals surface area (Å²) in [6.07, 6.45) is -0.325. The summed E-state index contributed by atoms with van der Waals surface area (Å²) in [4.78, 5) is 23.8. The van der Waals surface area contributed by atoms with Gasteiger partial charge in [-0.15, -0.1) is 35.3 Å². The monoisotopic (exact) mass is 559 g/mol. The molecule has 0 saturated carbocycles. The highest BCUT2D eigenvalue weighted by Crippen LogP contribution is 2.13. The molecule has 2 aromatic rings. The molecule has 1 aromatic heterocycles. The second-order valence-electron chi connectivity index (χ2n) is 8.06. The lowest BCUT2D eigenvalue weighted by molar-refractivity contribution is 0.0285. The highest BCUT2D eigenvalue weighted by Gasteiger charge is 2.19. The Kier molecular flexibility index (Phi) is 11.3. The molecule has 0 spiro atoms. The van der Waals surface area contributed by atoms with Gasteiger partial charge in [-0.05, 0) is 45.7 Å². The summed E-state index contributed by atoms with van der Waals surface area (Å²) in [5.74, 6) is 0.777. The van der Waals surface area contributed by atoms with Crippen molar-refractivity contribution in [2.24, 2.45) is 4.99 Å². The van der Waals surface area contributed by atoms with Crippen LogP contribution in [0.5, 0.6) is 0 Å². The molecule has 2 rings (SSSR count). The van der Waals surface area contributed by atoms with Crippen LogP contribution in [0.15, 0.2) is 34.8 Å². The molecule has 0 fully saturated rings. The number of halogens is 1. The smallest absolute Gasteiger partial charge is 0.410 e. The minimum absolute atomic E-state index is 0. The average molecular weight is 560 g/mol. The number of guanidine groups is 1. The van der Waals surface area contributed by atoms with Gasteiger partial charge in [0.15, 0.2) is 5.96 Å². The summed E-state index contributed by atoms with van der Waals surface area (Å²) in [6, 6.07) is 8.12. The first-order valence-corrected chi connectivity index (χ1v) is 11.0. The Morgan fingerprint density at radius 3 is 2.39 bits per heavy atom. The van der Waals surface area contributed by atoms with Gasteiger partial charge in [0.05, 0.1) is 24.3 Å². The largest absolute Gasteiger partial charge is 0.444 e. The quantitative estimate of drug-likeness (QED) is 0.293. The Morgan fingerprint density at radius 2 is 1.84 bits per heavy atom. The van der Waals surface area contributed by atoms with Crippen molar-refractivity contribution in [3.63, 3.8) is 0 Å². The number of aliphatic imine (C=N–C) groups is 1. The third-order valence-electron chi connectivity index (χ3n) is 4.17.